The highest BCUT2D eigenvalue weighted by molar-refractivity contribution is 8.00. The zero-order chi connectivity index (χ0) is 17.4. The largest absolute Gasteiger partial charge is 0.494 e. The molecule has 0 spiro atoms. The first-order valence-corrected chi connectivity index (χ1v) is 8.65. The van der Waals surface area contributed by atoms with Gasteiger partial charge >= 0.3 is 0 Å². The standard InChI is InChI=1S/C17H17ClN2O3S/c1-2-23-14-5-3-4-12(10-14)17(22)20-19-16(21)11-24-15-8-6-13(18)7-9-15/h3-10H,2,11H2,1H3,(H,19,21)(H,20,22). The lowest BCUT2D eigenvalue weighted by Crippen LogP contribution is -2.42. The Labute approximate surface area is 149 Å². The van der Waals surface area contributed by atoms with E-state index >= 15 is 0 Å². The molecule has 2 aromatic rings. The van der Waals surface area contributed by atoms with Gasteiger partial charge in [0.05, 0.1) is 12.4 Å². The second kappa shape index (κ2) is 9.20. The second-order valence-corrected chi connectivity index (χ2v) is 6.19. The van der Waals surface area contributed by atoms with Crippen LogP contribution in [-0.4, -0.2) is 24.2 Å². The Kier molecular flexibility index (Phi) is 6.96. The molecule has 2 aromatic carbocycles. The van der Waals surface area contributed by atoms with E-state index in [1.807, 2.05) is 19.1 Å². The molecule has 0 saturated heterocycles. The van der Waals surface area contributed by atoms with Crippen LogP contribution >= 0.6 is 23.4 Å². The molecule has 0 fully saturated rings. The summed E-state index contributed by atoms with van der Waals surface area (Å²) in [7, 11) is 0. The van der Waals surface area contributed by atoms with Crippen molar-refractivity contribution in [2.24, 2.45) is 0 Å². The highest BCUT2D eigenvalue weighted by atomic mass is 35.5. The van der Waals surface area contributed by atoms with Gasteiger partial charge in [-0.2, -0.15) is 0 Å². The molecule has 126 valence electrons. The Balaban J connectivity index is 1.79. The first-order chi connectivity index (χ1) is 11.6. The number of amides is 2. The van der Waals surface area contributed by atoms with Crippen LogP contribution in [0.2, 0.25) is 5.02 Å². The molecule has 2 rings (SSSR count). The van der Waals surface area contributed by atoms with Crippen molar-refractivity contribution in [1.29, 1.82) is 0 Å². The molecule has 0 atom stereocenters. The summed E-state index contributed by atoms with van der Waals surface area (Å²) in [4.78, 5) is 24.7. The van der Waals surface area contributed by atoms with Gasteiger partial charge in [-0.1, -0.05) is 17.7 Å². The van der Waals surface area contributed by atoms with E-state index in [-0.39, 0.29) is 11.7 Å². The van der Waals surface area contributed by atoms with Crippen LogP contribution in [0.15, 0.2) is 53.4 Å². The third-order valence-electron chi connectivity index (χ3n) is 2.91. The second-order valence-electron chi connectivity index (χ2n) is 4.71. The normalized spacial score (nSPS) is 10.1. The molecule has 0 bridgehead atoms. The number of carbonyl (C=O) groups is 2. The number of hydrogen-bond donors (Lipinski definition) is 2. The molecule has 5 nitrogen and oxygen atoms in total. The Morgan fingerprint density at radius 1 is 1.12 bits per heavy atom. The molecule has 0 aromatic heterocycles. The van der Waals surface area contributed by atoms with Gasteiger partial charge in [-0.25, -0.2) is 0 Å². The van der Waals surface area contributed by atoms with Gasteiger partial charge in [0.15, 0.2) is 0 Å². The lowest BCUT2D eigenvalue weighted by atomic mass is 10.2. The van der Waals surface area contributed by atoms with Crippen LogP contribution in [0, 0.1) is 0 Å². The van der Waals surface area contributed by atoms with Gasteiger partial charge in [0.1, 0.15) is 5.75 Å². The Morgan fingerprint density at radius 3 is 2.58 bits per heavy atom. The Hall–Kier alpha value is -2.18. The van der Waals surface area contributed by atoms with Gasteiger partial charge in [0, 0.05) is 15.5 Å². The summed E-state index contributed by atoms with van der Waals surface area (Å²) in [6, 6.07) is 13.9. The molecule has 2 N–H and O–H groups in total. The van der Waals surface area contributed by atoms with E-state index in [2.05, 4.69) is 10.9 Å². The summed E-state index contributed by atoms with van der Waals surface area (Å²) in [5.41, 5.74) is 5.18. The van der Waals surface area contributed by atoms with Gasteiger partial charge < -0.3 is 4.74 Å². The van der Waals surface area contributed by atoms with Gasteiger partial charge in [-0.05, 0) is 49.4 Å². The molecule has 0 unspecified atom stereocenters. The number of thioether (sulfide) groups is 1. The number of hydrazine groups is 1. The number of nitrogens with one attached hydrogen (secondary N) is 2. The van der Waals surface area contributed by atoms with Crippen molar-refractivity contribution in [3.63, 3.8) is 0 Å². The van der Waals surface area contributed by atoms with E-state index in [1.54, 1.807) is 36.4 Å². The minimum Gasteiger partial charge on any atom is -0.494 e. The summed E-state index contributed by atoms with van der Waals surface area (Å²) < 4.78 is 5.34. The van der Waals surface area contributed by atoms with Crippen LogP contribution in [0.3, 0.4) is 0 Å². The predicted molar refractivity (Wildman–Crippen MR) is 95.4 cm³/mol. The fourth-order valence-electron chi connectivity index (χ4n) is 1.81. The minimum atomic E-state index is -0.401. The number of carbonyl (C=O) groups excluding carboxylic acids is 2. The van der Waals surface area contributed by atoms with Gasteiger partial charge in [-0.3, -0.25) is 20.4 Å². The minimum absolute atomic E-state index is 0.181. The van der Waals surface area contributed by atoms with Crippen molar-refractivity contribution >= 4 is 35.2 Å². The van der Waals surface area contributed by atoms with Crippen LogP contribution in [0.4, 0.5) is 0 Å². The predicted octanol–water partition coefficient (Wildman–Crippen LogP) is 3.29. The maximum atomic E-state index is 12.0. The summed E-state index contributed by atoms with van der Waals surface area (Å²) in [6.45, 7) is 2.38. The van der Waals surface area contributed by atoms with E-state index < -0.39 is 5.91 Å². The van der Waals surface area contributed by atoms with Crippen molar-refractivity contribution in [1.82, 2.24) is 10.9 Å². The van der Waals surface area contributed by atoms with E-state index in [4.69, 9.17) is 16.3 Å². The van der Waals surface area contributed by atoms with Crippen molar-refractivity contribution in [3.8, 4) is 5.75 Å². The van der Waals surface area contributed by atoms with Crippen LogP contribution in [0.25, 0.3) is 0 Å². The molecule has 0 saturated carbocycles. The molecule has 24 heavy (non-hydrogen) atoms. The smallest absolute Gasteiger partial charge is 0.269 e. The fraction of sp³-hybridized carbons (Fsp3) is 0.176. The van der Waals surface area contributed by atoms with Crippen molar-refractivity contribution < 1.29 is 14.3 Å². The van der Waals surface area contributed by atoms with Gasteiger partial charge in [-0.15, -0.1) is 11.8 Å². The van der Waals surface area contributed by atoms with Crippen molar-refractivity contribution in [2.75, 3.05) is 12.4 Å². The average Bonchev–Trinajstić information content (AvgIpc) is 2.59. The monoisotopic (exact) mass is 364 g/mol. The molecular weight excluding hydrogens is 348 g/mol. The number of rotatable bonds is 6. The van der Waals surface area contributed by atoms with E-state index in [0.717, 1.165) is 4.90 Å². The average molecular weight is 365 g/mol. The van der Waals surface area contributed by atoms with Gasteiger partial charge in [0.25, 0.3) is 5.91 Å². The zero-order valence-corrected chi connectivity index (χ0v) is 14.6. The highest BCUT2D eigenvalue weighted by Crippen LogP contribution is 2.19. The molecule has 7 heteroatoms. The van der Waals surface area contributed by atoms with E-state index in [1.165, 1.54) is 11.8 Å². The first-order valence-electron chi connectivity index (χ1n) is 7.29. The van der Waals surface area contributed by atoms with Crippen molar-refractivity contribution in [2.45, 2.75) is 11.8 Å². The summed E-state index contributed by atoms with van der Waals surface area (Å²) in [6.07, 6.45) is 0. The molecule has 0 aliphatic heterocycles. The van der Waals surface area contributed by atoms with Crippen LogP contribution in [0.5, 0.6) is 5.75 Å². The van der Waals surface area contributed by atoms with E-state index in [9.17, 15) is 9.59 Å². The Morgan fingerprint density at radius 2 is 1.88 bits per heavy atom. The highest BCUT2D eigenvalue weighted by Gasteiger charge is 2.09. The third-order valence-corrected chi connectivity index (χ3v) is 4.17. The molecular formula is C17H17ClN2O3S. The van der Waals surface area contributed by atoms with Crippen LogP contribution < -0.4 is 15.6 Å². The number of ether oxygens (including phenoxy) is 1. The fourth-order valence-corrected chi connectivity index (χ4v) is 2.63. The maximum absolute atomic E-state index is 12.0. The van der Waals surface area contributed by atoms with Crippen LogP contribution in [-0.2, 0) is 4.79 Å². The summed E-state index contributed by atoms with van der Waals surface area (Å²) in [5, 5.41) is 0.644. The maximum Gasteiger partial charge on any atom is 0.269 e. The number of benzene rings is 2. The summed E-state index contributed by atoms with van der Waals surface area (Å²) >= 11 is 7.15. The van der Waals surface area contributed by atoms with E-state index in [0.29, 0.717) is 22.9 Å². The molecule has 2 amide bonds. The Bertz CT molecular complexity index is 707. The SMILES string of the molecule is CCOc1cccc(C(=O)NNC(=O)CSc2ccc(Cl)cc2)c1. The molecule has 0 aliphatic rings. The molecule has 0 aliphatic carbocycles. The lowest BCUT2D eigenvalue weighted by molar-refractivity contribution is -0.119. The molecule has 0 heterocycles. The topological polar surface area (TPSA) is 67.4 Å². The van der Waals surface area contributed by atoms with Crippen LogP contribution in [0.1, 0.15) is 17.3 Å². The quantitative estimate of drug-likeness (QED) is 0.609. The third kappa shape index (κ3) is 5.79. The zero-order valence-electron chi connectivity index (χ0n) is 13.0. The molecule has 0 radical (unpaired) electrons. The number of halogens is 1. The first kappa shape index (κ1) is 18.2. The number of hydrogen-bond acceptors (Lipinski definition) is 4. The lowest BCUT2D eigenvalue weighted by Gasteiger charge is -2.09. The summed E-state index contributed by atoms with van der Waals surface area (Å²) in [5.74, 6) is 0.0846. The van der Waals surface area contributed by atoms with Crippen molar-refractivity contribution in [3.05, 3.63) is 59.1 Å². The van der Waals surface area contributed by atoms with Gasteiger partial charge in [0.2, 0.25) is 5.91 Å².